The second-order valence-corrected chi connectivity index (χ2v) is 10.7. The fourth-order valence-electron chi connectivity index (χ4n) is 4.31. The van der Waals surface area contributed by atoms with Crippen molar-refractivity contribution in [3.8, 4) is 11.5 Å². The summed E-state index contributed by atoms with van der Waals surface area (Å²) in [5.41, 5.74) is 7.31. The molecule has 2 aromatic carbocycles. The van der Waals surface area contributed by atoms with Crippen molar-refractivity contribution in [2.45, 2.75) is 64.5 Å². The molecule has 4 N–H and O–H groups in total. The number of hydrogen-bond acceptors (Lipinski definition) is 6. The molecule has 0 bridgehead atoms. The lowest BCUT2D eigenvalue weighted by Crippen LogP contribution is -2.48. The molecule has 220 valence electrons. The van der Waals surface area contributed by atoms with Gasteiger partial charge in [0.05, 0.1) is 25.2 Å². The van der Waals surface area contributed by atoms with E-state index >= 15 is 0 Å². The summed E-state index contributed by atoms with van der Waals surface area (Å²) in [7, 11) is 3.28. The van der Waals surface area contributed by atoms with E-state index in [1.54, 1.807) is 40.2 Å². The van der Waals surface area contributed by atoms with Crippen molar-refractivity contribution >= 4 is 18.3 Å². The standard InChI is InChI=1S/C30H45FN2O5.ClH/c1-20(2)22(16-21-8-13-27(37-6)28(17-21)38-15-7-14-36-5)18-25(32)26(34)19-33-29(35)30(3,4)23-9-11-24(31)12-10-23;/h8-13,17,20,22,25-26,34H,7,14-16,18-19,32H2,1-6H3,(H,33,35);1H/t22-,25-,26-;/m0./s1. The summed E-state index contributed by atoms with van der Waals surface area (Å²) in [6.07, 6.45) is 1.23. The first-order valence-electron chi connectivity index (χ1n) is 13.3. The van der Waals surface area contributed by atoms with Crippen LogP contribution in [0.25, 0.3) is 0 Å². The van der Waals surface area contributed by atoms with E-state index < -0.39 is 17.6 Å². The van der Waals surface area contributed by atoms with Gasteiger partial charge in [-0.1, -0.05) is 32.0 Å². The number of aliphatic hydroxyl groups is 1. The normalized spacial score (nSPS) is 13.8. The van der Waals surface area contributed by atoms with E-state index in [4.69, 9.17) is 19.9 Å². The van der Waals surface area contributed by atoms with Crippen LogP contribution in [0, 0.1) is 17.7 Å². The lowest BCUT2D eigenvalue weighted by atomic mass is 9.82. The average molecular weight is 569 g/mol. The second-order valence-electron chi connectivity index (χ2n) is 10.7. The third-order valence-corrected chi connectivity index (χ3v) is 7.09. The van der Waals surface area contributed by atoms with Crippen LogP contribution in [0.1, 0.15) is 51.7 Å². The number of benzene rings is 2. The van der Waals surface area contributed by atoms with E-state index in [2.05, 4.69) is 19.2 Å². The number of amides is 1. The molecule has 9 heteroatoms. The number of nitrogens with two attached hydrogens (primary N) is 1. The first kappa shape index (κ1) is 34.6. The van der Waals surface area contributed by atoms with Crippen molar-refractivity contribution in [2.24, 2.45) is 17.6 Å². The van der Waals surface area contributed by atoms with Crippen molar-refractivity contribution < 1.29 is 28.5 Å². The van der Waals surface area contributed by atoms with E-state index in [9.17, 15) is 14.3 Å². The lowest BCUT2D eigenvalue weighted by molar-refractivity contribution is -0.126. The van der Waals surface area contributed by atoms with E-state index in [1.165, 1.54) is 12.1 Å². The molecule has 0 aliphatic carbocycles. The van der Waals surface area contributed by atoms with E-state index in [0.717, 1.165) is 18.4 Å². The highest BCUT2D eigenvalue weighted by Crippen LogP contribution is 2.31. The van der Waals surface area contributed by atoms with E-state index in [-0.39, 0.29) is 36.6 Å². The van der Waals surface area contributed by atoms with E-state index in [0.29, 0.717) is 42.6 Å². The molecule has 2 aromatic rings. The molecule has 0 saturated carbocycles. The Hall–Kier alpha value is -2.39. The van der Waals surface area contributed by atoms with Crippen molar-refractivity contribution in [1.29, 1.82) is 0 Å². The molecule has 1 amide bonds. The molecule has 0 spiro atoms. The predicted octanol–water partition coefficient (Wildman–Crippen LogP) is 4.66. The van der Waals surface area contributed by atoms with Gasteiger partial charge in [0.25, 0.3) is 0 Å². The van der Waals surface area contributed by atoms with Gasteiger partial charge in [-0.15, -0.1) is 12.4 Å². The summed E-state index contributed by atoms with van der Waals surface area (Å²) < 4.78 is 29.7. The Morgan fingerprint density at radius 1 is 1.08 bits per heavy atom. The molecule has 0 aliphatic heterocycles. The smallest absolute Gasteiger partial charge is 0.230 e. The summed E-state index contributed by atoms with van der Waals surface area (Å²) in [5.74, 6) is 1.30. The van der Waals surface area contributed by atoms with Crippen molar-refractivity contribution in [3.63, 3.8) is 0 Å². The maximum Gasteiger partial charge on any atom is 0.230 e. The van der Waals surface area contributed by atoms with Crippen LogP contribution in [0.2, 0.25) is 0 Å². The monoisotopic (exact) mass is 568 g/mol. The molecule has 0 unspecified atom stereocenters. The van der Waals surface area contributed by atoms with Gasteiger partial charge < -0.3 is 30.4 Å². The first-order valence-corrected chi connectivity index (χ1v) is 13.3. The number of rotatable bonds is 16. The van der Waals surface area contributed by atoms with Gasteiger partial charge in [-0.2, -0.15) is 0 Å². The minimum atomic E-state index is -0.903. The molecule has 3 atom stereocenters. The molecule has 0 fully saturated rings. The van der Waals surface area contributed by atoms with Crippen molar-refractivity contribution in [3.05, 3.63) is 59.4 Å². The van der Waals surface area contributed by atoms with Crippen molar-refractivity contribution in [1.82, 2.24) is 5.32 Å². The number of carbonyl (C=O) groups excluding carboxylic acids is 1. The zero-order valence-corrected chi connectivity index (χ0v) is 24.9. The van der Waals surface area contributed by atoms with Crippen molar-refractivity contribution in [2.75, 3.05) is 34.0 Å². The fourth-order valence-corrected chi connectivity index (χ4v) is 4.31. The Kier molecular flexibility index (Phi) is 14.8. The minimum absolute atomic E-state index is 0. The zero-order chi connectivity index (χ0) is 28.3. The number of carbonyl (C=O) groups is 1. The van der Waals surface area contributed by atoms with Crippen LogP contribution in [0.3, 0.4) is 0 Å². The van der Waals surface area contributed by atoms with Gasteiger partial charge in [-0.3, -0.25) is 4.79 Å². The minimum Gasteiger partial charge on any atom is -0.493 e. The molecule has 39 heavy (non-hydrogen) atoms. The van der Waals surface area contributed by atoms with Crippen LogP contribution in [-0.2, 0) is 21.4 Å². The summed E-state index contributed by atoms with van der Waals surface area (Å²) in [5, 5.41) is 13.6. The summed E-state index contributed by atoms with van der Waals surface area (Å²) in [6, 6.07) is 11.3. The molecule has 2 rings (SSSR count). The molecular formula is C30H46ClFN2O5. The lowest BCUT2D eigenvalue weighted by Gasteiger charge is -2.29. The van der Waals surface area contributed by atoms with Gasteiger partial charge in [-0.05, 0) is 73.9 Å². The highest BCUT2D eigenvalue weighted by Gasteiger charge is 2.31. The summed E-state index contributed by atoms with van der Waals surface area (Å²) in [6.45, 7) is 9.01. The van der Waals surface area contributed by atoms with Gasteiger partial charge in [0.2, 0.25) is 5.91 Å². The molecule has 7 nitrogen and oxygen atoms in total. The van der Waals surface area contributed by atoms with Crippen LogP contribution in [-0.4, -0.2) is 57.1 Å². The van der Waals surface area contributed by atoms with Crippen LogP contribution in [0.4, 0.5) is 4.39 Å². The number of methoxy groups -OCH3 is 2. The number of hydrogen-bond donors (Lipinski definition) is 3. The Balaban J connectivity index is 0.00000760. The maximum absolute atomic E-state index is 13.3. The molecule has 0 saturated heterocycles. The predicted molar refractivity (Wildman–Crippen MR) is 155 cm³/mol. The molecule has 0 aliphatic rings. The third kappa shape index (κ3) is 10.6. The quantitative estimate of drug-likeness (QED) is 0.255. The molecular weight excluding hydrogens is 523 g/mol. The maximum atomic E-state index is 13.3. The molecule has 0 aromatic heterocycles. The Labute approximate surface area is 239 Å². The van der Waals surface area contributed by atoms with Gasteiger partial charge >= 0.3 is 0 Å². The summed E-state index contributed by atoms with van der Waals surface area (Å²) >= 11 is 0. The molecule has 0 radical (unpaired) electrons. The summed E-state index contributed by atoms with van der Waals surface area (Å²) in [4.78, 5) is 12.9. The van der Waals surface area contributed by atoms with Crippen LogP contribution >= 0.6 is 12.4 Å². The molecule has 0 heterocycles. The number of halogens is 2. The van der Waals surface area contributed by atoms with Crippen LogP contribution in [0.15, 0.2) is 42.5 Å². The second kappa shape index (κ2) is 16.7. The van der Waals surface area contributed by atoms with Gasteiger partial charge in [-0.25, -0.2) is 4.39 Å². The number of nitrogens with one attached hydrogen (secondary N) is 1. The number of aliphatic hydroxyl groups excluding tert-OH is 1. The van der Waals surface area contributed by atoms with Crippen LogP contribution in [0.5, 0.6) is 11.5 Å². The topological polar surface area (TPSA) is 103 Å². The average Bonchev–Trinajstić information content (AvgIpc) is 2.89. The van der Waals surface area contributed by atoms with Gasteiger partial charge in [0, 0.05) is 32.7 Å². The Morgan fingerprint density at radius 3 is 2.33 bits per heavy atom. The highest BCUT2D eigenvalue weighted by molar-refractivity contribution is 5.87. The zero-order valence-electron chi connectivity index (χ0n) is 24.0. The SMILES string of the molecule is COCCCOc1cc(C[C@@H](C[C@H](N)[C@@H](O)CNC(=O)C(C)(C)c2ccc(F)cc2)C(C)C)ccc1OC.Cl. The highest BCUT2D eigenvalue weighted by atomic mass is 35.5. The van der Waals surface area contributed by atoms with Gasteiger partial charge in [0.1, 0.15) is 5.82 Å². The van der Waals surface area contributed by atoms with E-state index in [1.807, 2.05) is 18.2 Å². The Morgan fingerprint density at radius 2 is 1.74 bits per heavy atom. The number of ether oxygens (including phenoxy) is 3. The third-order valence-electron chi connectivity index (χ3n) is 7.09. The fraction of sp³-hybridized carbons (Fsp3) is 0.567. The Bertz CT molecular complexity index is 1000. The van der Waals surface area contributed by atoms with Crippen LogP contribution < -0.4 is 20.5 Å². The first-order chi connectivity index (χ1) is 18.0. The largest absolute Gasteiger partial charge is 0.493 e. The van der Waals surface area contributed by atoms with Gasteiger partial charge in [0.15, 0.2) is 11.5 Å².